The summed E-state index contributed by atoms with van der Waals surface area (Å²) in [5.74, 6) is -0.682. The largest absolute Gasteiger partial charge is 0.508 e. The highest BCUT2D eigenvalue weighted by Gasteiger charge is 2.38. The molecule has 1 amide bonds. The number of methoxy groups -OCH3 is 1. The maximum absolute atomic E-state index is 12.3. The van der Waals surface area contributed by atoms with E-state index >= 15 is 0 Å². The van der Waals surface area contributed by atoms with E-state index in [2.05, 4.69) is 0 Å². The van der Waals surface area contributed by atoms with Gasteiger partial charge in [0.1, 0.15) is 11.4 Å². The molecule has 2 rings (SSSR count). The zero-order valence-corrected chi connectivity index (χ0v) is 14.6. The van der Waals surface area contributed by atoms with Crippen molar-refractivity contribution in [2.75, 3.05) is 20.2 Å². The lowest BCUT2D eigenvalue weighted by atomic mass is 9.80. The van der Waals surface area contributed by atoms with Gasteiger partial charge >= 0.3 is 12.1 Å². The maximum Gasteiger partial charge on any atom is 0.410 e. The first-order valence-corrected chi connectivity index (χ1v) is 8.06. The molecule has 0 radical (unpaired) electrons. The van der Waals surface area contributed by atoms with Gasteiger partial charge in [-0.05, 0) is 44.9 Å². The van der Waals surface area contributed by atoms with E-state index in [0.717, 1.165) is 5.56 Å². The molecule has 0 aliphatic carbocycles. The van der Waals surface area contributed by atoms with Crippen LogP contribution in [-0.4, -0.2) is 47.9 Å². The van der Waals surface area contributed by atoms with E-state index in [1.165, 1.54) is 7.11 Å². The second-order valence-corrected chi connectivity index (χ2v) is 7.04. The Morgan fingerprint density at radius 2 is 1.83 bits per heavy atom. The Balaban J connectivity index is 2.17. The van der Waals surface area contributed by atoms with Crippen LogP contribution in [0.2, 0.25) is 0 Å². The third-order valence-corrected chi connectivity index (χ3v) is 4.09. The van der Waals surface area contributed by atoms with E-state index in [1.54, 1.807) is 29.2 Å². The van der Waals surface area contributed by atoms with Crippen molar-refractivity contribution >= 4 is 12.1 Å². The van der Waals surface area contributed by atoms with Crippen LogP contribution < -0.4 is 0 Å². The third kappa shape index (κ3) is 4.40. The first-order chi connectivity index (χ1) is 11.2. The normalized spacial score (nSPS) is 21.2. The Morgan fingerprint density at radius 3 is 2.38 bits per heavy atom. The van der Waals surface area contributed by atoms with Crippen LogP contribution in [0, 0.1) is 5.92 Å². The number of phenols is 1. The molecule has 0 bridgehead atoms. The van der Waals surface area contributed by atoms with Crippen LogP contribution in [0.5, 0.6) is 5.75 Å². The summed E-state index contributed by atoms with van der Waals surface area (Å²) >= 11 is 0. The lowest BCUT2D eigenvalue weighted by Crippen LogP contribution is -2.47. The first-order valence-electron chi connectivity index (χ1n) is 8.06. The van der Waals surface area contributed by atoms with Gasteiger partial charge in [0.25, 0.3) is 0 Å². The number of piperidine rings is 1. The number of hydrogen-bond acceptors (Lipinski definition) is 5. The number of benzene rings is 1. The highest BCUT2D eigenvalue weighted by molar-refractivity contribution is 5.76. The number of ether oxygens (including phenoxy) is 2. The Kier molecular flexibility index (Phi) is 5.36. The van der Waals surface area contributed by atoms with Crippen molar-refractivity contribution in [2.24, 2.45) is 5.92 Å². The maximum atomic E-state index is 12.3. The first kappa shape index (κ1) is 18.1. The van der Waals surface area contributed by atoms with Crippen molar-refractivity contribution in [3.8, 4) is 5.75 Å². The summed E-state index contributed by atoms with van der Waals surface area (Å²) in [5, 5.41) is 9.44. The molecule has 1 saturated heterocycles. The lowest BCUT2D eigenvalue weighted by Gasteiger charge is -2.37. The van der Waals surface area contributed by atoms with Crippen molar-refractivity contribution < 1.29 is 24.2 Å². The molecule has 1 fully saturated rings. The van der Waals surface area contributed by atoms with Crippen molar-refractivity contribution in [1.29, 1.82) is 0 Å². The minimum Gasteiger partial charge on any atom is -0.508 e. The molecule has 6 heteroatoms. The predicted octanol–water partition coefficient (Wildman–Crippen LogP) is 2.91. The Labute approximate surface area is 142 Å². The molecule has 1 N–H and O–H groups in total. The van der Waals surface area contributed by atoms with Gasteiger partial charge in [0.05, 0.1) is 13.0 Å². The van der Waals surface area contributed by atoms with E-state index in [0.29, 0.717) is 13.0 Å². The summed E-state index contributed by atoms with van der Waals surface area (Å²) in [6, 6.07) is 6.81. The smallest absolute Gasteiger partial charge is 0.410 e. The average Bonchev–Trinajstić information content (AvgIpc) is 2.52. The second kappa shape index (κ2) is 7.11. The Morgan fingerprint density at radius 1 is 1.21 bits per heavy atom. The van der Waals surface area contributed by atoms with Crippen LogP contribution in [0.15, 0.2) is 24.3 Å². The fourth-order valence-corrected chi connectivity index (χ4v) is 2.96. The number of nitrogens with zero attached hydrogens (tertiary/aromatic N) is 1. The number of hydrogen-bond donors (Lipinski definition) is 1. The van der Waals surface area contributed by atoms with Crippen molar-refractivity contribution in [3.05, 3.63) is 29.8 Å². The van der Waals surface area contributed by atoms with Gasteiger partial charge in [-0.25, -0.2) is 4.79 Å². The van der Waals surface area contributed by atoms with Gasteiger partial charge in [0, 0.05) is 19.0 Å². The highest BCUT2D eigenvalue weighted by Crippen LogP contribution is 2.35. The van der Waals surface area contributed by atoms with E-state index in [1.807, 2.05) is 20.8 Å². The molecule has 132 valence electrons. The van der Waals surface area contributed by atoms with Gasteiger partial charge in [-0.1, -0.05) is 12.1 Å². The molecule has 0 saturated carbocycles. The van der Waals surface area contributed by atoms with Crippen molar-refractivity contribution in [3.63, 3.8) is 0 Å². The fraction of sp³-hybridized carbons (Fsp3) is 0.556. The van der Waals surface area contributed by atoms with E-state index in [-0.39, 0.29) is 24.2 Å². The number of esters is 1. The summed E-state index contributed by atoms with van der Waals surface area (Å²) in [6.45, 7) is 6.20. The topological polar surface area (TPSA) is 76.1 Å². The van der Waals surface area contributed by atoms with Gasteiger partial charge in [0.2, 0.25) is 0 Å². The number of likely N-dealkylation sites (tertiary alicyclic amines) is 1. The molecule has 1 heterocycles. The van der Waals surface area contributed by atoms with E-state index in [4.69, 9.17) is 9.47 Å². The molecule has 1 aliphatic rings. The van der Waals surface area contributed by atoms with Crippen molar-refractivity contribution in [1.82, 2.24) is 4.90 Å². The quantitative estimate of drug-likeness (QED) is 0.841. The number of carbonyl (C=O) groups is 2. The Hall–Kier alpha value is -2.24. The van der Waals surface area contributed by atoms with Gasteiger partial charge in [-0.2, -0.15) is 0 Å². The lowest BCUT2D eigenvalue weighted by molar-refractivity contribution is -0.148. The predicted molar refractivity (Wildman–Crippen MR) is 88.8 cm³/mol. The van der Waals surface area contributed by atoms with Gasteiger partial charge in [-0.3, -0.25) is 4.79 Å². The van der Waals surface area contributed by atoms with Gasteiger partial charge < -0.3 is 19.5 Å². The van der Waals surface area contributed by atoms with Gasteiger partial charge in [0.15, 0.2) is 0 Å². The average molecular weight is 335 g/mol. The third-order valence-electron chi connectivity index (χ3n) is 4.09. The minimum atomic E-state index is -0.578. The summed E-state index contributed by atoms with van der Waals surface area (Å²) in [5.41, 5.74) is 0.373. The molecular weight excluding hydrogens is 310 g/mol. The van der Waals surface area contributed by atoms with Crippen LogP contribution in [0.1, 0.15) is 38.7 Å². The molecular formula is C18H25NO5. The molecule has 0 aromatic heterocycles. The van der Waals surface area contributed by atoms with E-state index < -0.39 is 17.6 Å². The van der Waals surface area contributed by atoms with Crippen LogP contribution in [0.25, 0.3) is 0 Å². The monoisotopic (exact) mass is 335 g/mol. The summed E-state index contributed by atoms with van der Waals surface area (Å²) in [4.78, 5) is 26.1. The highest BCUT2D eigenvalue weighted by atomic mass is 16.6. The molecule has 6 nitrogen and oxygen atoms in total. The second-order valence-electron chi connectivity index (χ2n) is 7.04. The van der Waals surface area contributed by atoms with Crippen molar-refractivity contribution in [2.45, 2.75) is 38.7 Å². The van der Waals surface area contributed by atoms with Gasteiger partial charge in [-0.15, -0.1) is 0 Å². The number of rotatable bonds is 2. The zero-order chi connectivity index (χ0) is 17.9. The molecule has 0 unspecified atom stereocenters. The molecule has 24 heavy (non-hydrogen) atoms. The number of carbonyl (C=O) groups excluding carboxylic acids is 2. The summed E-state index contributed by atoms with van der Waals surface area (Å²) < 4.78 is 10.3. The molecule has 1 aliphatic heterocycles. The molecule has 1 aromatic carbocycles. The van der Waals surface area contributed by atoms with Crippen LogP contribution in [0.4, 0.5) is 4.79 Å². The zero-order valence-electron chi connectivity index (χ0n) is 14.6. The Bertz CT molecular complexity index is 590. The SMILES string of the molecule is COC(=O)[C@H]1CN(C(=O)OC(C)(C)C)CC[C@H]1c1ccc(O)cc1. The fourth-order valence-electron chi connectivity index (χ4n) is 2.96. The number of aromatic hydroxyl groups is 1. The molecule has 2 atom stereocenters. The minimum absolute atomic E-state index is 0.0586. The molecule has 0 spiro atoms. The summed E-state index contributed by atoms with van der Waals surface area (Å²) in [6.07, 6.45) is 0.213. The van der Waals surface area contributed by atoms with Crippen LogP contribution in [-0.2, 0) is 14.3 Å². The molecule has 1 aromatic rings. The van der Waals surface area contributed by atoms with Crippen LogP contribution >= 0.6 is 0 Å². The standard InChI is InChI=1S/C18H25NO5/c1-18(2,3)24-17(22)19-10-9-14(15(11-19)16(21)23-4)12-5-7-13(20)8-6-12/h5-8,14-15,20H,9-11H2,1-4H3/t14-,15-/m0/s1. The van der Waals surface area contributed by atoms with E-state index in [9.17, 15) is 14.7 Å². The van der Waals surface area contributed by atoms with Crippen LogP contribution in [0.3, 0.4) is 0 Å². The number of phenolic OH excluding ortho intramolecular Hbond substituents is 1. The number of amides is 1. The summed E-state index contributed by atoms with van der Waals surface area (Å²) in [7, 11) is 1.35.